The number of hydrogen-bond acceptors (Lipinski definition) is 5. The van der Waals surface area contributed by atoms with Crippen molar-refractivity contribution >= 4 is 22.7 Å². The molecule has 4 aromatic rings. The molecule has 0 radical (unpaired) electrons. The molecule has 190 valence electrons. The predicted molar refractivity (Wildman–Crippen MR) is 129 cm³/mol. The molecule has 1 aliphatic carbocycles. The summed E-state index contributed by atoms with van der Waals surface area (Å²) < 4.78 is 61.3. The molecule has 0 saturated heterocycles. The summed E-state index contributed by atoms with van der Waals surface area (Å²) in [6.07, 6.45) is -1.03. The Morgan fingerprint density at radius 2 is 1.76 bits per heavy atom. The van der Waals surface area contributed by atoms with Gasteiger partial charge in [-0.15, -0.1) is 0 Å². The van der Waals surface area contributed by atoms with Crippen LogP contribution in [0.2, 0.25) is 0 Å². The van der Waals surface area contributed by atoms with Crippen molar-refractivity contribution in [3.8, 4) is 11.4 Å². The Bertz CT molecular complexity index is 1700. The molecule has 2 aliphatic rings. The standard InChI is InChI=1S/C27H19F4NO4S/c28-15-5-4-6-16(12-15)37-23-22(33)21-19(36-25(23)35)13-20-26(9-2-1-3-10-26)17-11-14(27(29,30)31)7-8-18(17)32(20)24(21)34/h4-8,11-13,33H,1-3,9-10H2. The number of alkyl halides is 3. The lowest BCUT2D eigenvalue weighted by atomic mass is 9.68. The highest BCUT2D eigenvalue weighted by Gasteiger charge is 2.47. The predicted octanol–water partition coefficient (Wildman–Crippen LogP) is 6.52. The zero-order chi connectivity index (χ0) is 26.1. The molecule has 5 nitrogen and oxygen atoms in total. The van der Waals surface area contributed by atoms with Gasteiger partial charge < -0.3 is 9.52 Å². The zero-order valence-corrected chi connectivity index (χ0v) is 20.0. The number of fused-ring (bicyclic) bond motifs is 6. The monoisotopic (exact) mass is 529 g/mol. The fraction of sp³-hybridized carbons (Fsp3) is 0.259. The molecule has 3 heterocycles. The van der Waals surface area contributed by atoms with Gasteiger partial charge in [-0.3, -0.25) is 9.36 Å². The van der Waals surface area contributed by atoms with E-state index in [1.807, 2.05) is 0 Å². The fourth-order valence-electron chi connectivity index (χ4n) is 5.68. The number of benzene rings is 2. The molecule has 0 atom stereocenters. The minimum Gasteiger partial charge on any atom is -0.505 e. The summed E-state index contributed by atoms with van der Waals surface area (Å²) in [4.78, 5) is 26.7. The maximum atomic E-state index is 13.8. The van der Waals surface area contributed by atoms with E-state index in [-0.39, 0.29) is 15.9 Å². The summed E-state index contributed by atoms with van der Waals surface area (Å²) in [5.74, 6) is -1.15. The van der Waals surface area contributed by atoms with Crippen molar-refractivity contribution in [2.45, 2.75) is 53.5 Å². The van der Waals surface area contributed by atoms with Crippen molar-refractivity contribution in [3.63, 3.8) is 0 Å². The van der Waals surface area contributed by atoms with Crippen LogP contribution in [0, 0.1) is 5.82 Å². The van der Waals surface area contributed by atoms with E-state index in [0.717, 1.165) is 43.2 Å². The lowest BCUT2D eigenvalue weighted by Crippen LogP contribution is -2.31. The summed E-state index contributed by atoms with van der Waals surface area (Å²) in [5, 5.41) is 10.8. The maximum absolute atomic E-state index is 13.8. The first-order valence-corrected chi connectivity index (χ1v) is 12.5. The van der Waals surface area contributed by atoms with E-state index in [4.69, 9.17) is 4.42 Å². The number of pyridine rings is 1. The van der Waals surface area contributed by atoms with Crippen LogP contribution in [-0.4, -0.2) is 9.67 Å². The van der Waals surface area contributed by atoms with E-state index < -0.39 is 39.9 Å². The van der Waals surface area contributed by atoms with Crippen molar-refractivity contribution in [3.05, 3.63) is 91.9 Å². The first kappa shape index (κ1) is 23.8. The minimum atomic E-state index is -4.55. The van der Waals surface area contributed by atoms with Gasteiger partial charge in [0.05, 0.1) is 11.3 Å². The molecule has 10 heteroatoms. The largest absolute Gasteiger partial charge is 0.505 e. The molecule has 37 heavy (non-hydrogen) atoms. The second kappa shape index (κ2) is 8.24. The average Bonchev–Trinajstić information content (AvgIpc) is 3.10. The van der Waals surface area contributed by atoms with Crippen LogP contribution < -0.4 is 11.2 Å². The summed E-state index contributed by atoms with van der Waals surface area (Å²) in [7, 11) is 0. The highest BCUT2D eigenvalue weighted by Crippen LogP contribution is 2.52. The van der Waals surface area contributed by atoms with Gasteiger partial charge in [0.15, 0.2) is 5.75 Å². The van der Waals surface area contributed by atoms with Crippen molar-refractivity contribution in [2.24, 2.45) is 0 Å². The maximum Gasteiger partial charge on any atom is 0.416 e. The topological polar surface area (TPSA) is 72.4 Å². The highest BCUT2D eigenvalue weighted by molar-refractivity contribution is 7.99. The van der Waals surface area contributed by atoms with Crippen LogP contribution in [0.15, 0.2) is 72.3 Å². The molecule has 1 aliphatic heterocycles. The summed E-state index contributed by atoms with van der Waals surface area (Å²) >= 11 is 0.754. The van der Waals surface area contributed by atoms with E-state index in [2.05, 4.69) is 0 Å². The van der Waals surface area contributed by atoms with Crippen molar-refractivity contribution in [1.29, 1.82) is 0 Å². The molecule has 1 spiro atoms. The first-order chi connectivity index (χ1) is 17.6. The second-order valence-corrected chi connectivity index (χ2v) is 10.5. The van der Waals surface area contributed by atoms with Gasteiger partial charge in [0.25, 0.3) is 5.56 Å². The molecule has 2 aromatic heterocycles. The molecule has 0 bridgehead atoms. The molecular weight excluding hydrogens is 510 g/mol. The van der Waals surface area contributed by atoms with Crippen LogP contribution in [0.5, 0.6) is 5.75 Å². The molecular formula is C27H19F4NO4S. The normalized spacial score (nSPS) is 16.2. The Labute approximate surface area is 211 Å². The Kier molecular flexibility index (Phi) is 5.31. The van der Waals surface area contributed by atoms with E-state index in [1.165, 1.54) is 41.0 Å². The summed E-state index contributed by atoms with van der Waals surface area (Å²) in [6, 6.07) is 10.2. The third-order valence-corrected chi connectivity index (χ3v) is 8.36. The van der Waals surface area contributed by atoms with Crippen LogP contribution in [0.3, 0.4) is 0 Å². The van der Waals surface area contributed by atoms with Gasteiger partial charge in [-0.1, -0.05) is 37.1 Å². The SMILES string of the molecule is O=c1oc2cc3n(c(=O)c2c(O)c1Sc1cccc(F)c1)-c1ccc(C(F)(F)F)cc1C31CCCCC1. The number of aromatic nitrogens is 1. The van der Waals surface area contributed by atoms with Crippen LogP contribution in [0.1, 0.15) is 48.9 Å². The number of aromatic hydroxyl groups is 1. The quantitative estimate of drug-likeness (QED) is 0.299. The van der Waals surface area contributed by atoms with E-state index in [1.54, 1.807) is 0 Å². The molecule has 2 aromatic carbocycles. The second-order valence-electron chi connectivity index (χ2n) is 9.41. The van der Waals surface area contributed by atoms with Gasteiger partial charge in [-0.2, -0.15) is 13.2 Å². The minimum absolute atomic E-state index is 0.142. The fourth-order valence-corrected chi connectivity index (χ4v) is 6.56. The lowest BCUT2D eigenvalue weighted by molar-refractivity contribution is -0.137. The Morgan fingerprint density at radius 1 is 1.00 bits per heavy atom. The highest BCUT2D eigenvalue weighted by atomic mass is 32.2. The Balaban J connectivity index is 1.62. The number of halogens is 4. The van der Waals surface area contributed by atoms with Gasteiger partial charge >= 0.3 is 11.8 Å². The van der Waals surface area contributed by atoms with E-state index in [9.17, 15) is 32.3 Å². The van der Waals surface area contributed by atoms with E-state index >= 15 is 0 Å². The molecule has 1 N–H and O–H groups in total. The van der Waals surface area contributed by atoms with Gasteiger partial charge in [0, 0.05) is 22.1 Å². The third-order valence-electron chi connectivity index (χ3n) is 7.31. The number of hydrogen-bond donors (Lipinski definition) is 1. The smallest absolute Gasteiger partial charge is 0.416 e. The third kappa shape index (κ3) is 3.60. The summed E-state index contributed by atoms with van der Waals surface area (Å²) in [5.41, 5.74) is -2.21. The molecule has 1 saturated carbocycles. The van der Waals surface area contributed by atoms with Crippen molar-refractivity contribution in [1.82, 2.24) is 4.57 Å². The number of nitrogens with zero attached hydrogens (tertiary/aromatic N) is 1. The van der Waals surface area contributed by atoms with Gasteiger partial charge in [-0.05, 0) is 54.8 Å². The van der Waals surface area contributed by atoms with Gasteiger partial charge in [-0.25, -0.2) is 9.18 Å². The number of rotatable bonds is 2. The van der Waals surface area contributed by atoms with Crippen molar-refractivity contribution < 1.29 is 27.1 Å². The van der Waals surface area contributed by atoms with Crippen LogP contribution in [-0.2, 0) is 11.6 Å². The van der Waals surface area contributed by atoms with Crippen LogP contribution >= 0.6 is 11.8 Å². The van der Waals surface area contributed by atoms with E-state index in [0.29, 0.717) is 34.7 Å². The van der Waals surface area contributed by atoms with Crippen LogP contribution in [0.25, 0.3) is 16.7 Å². The molecule has 6 rings (SSSR count). The Morgan fingerprint density at radius 3 is 2.46 bits per heavy atom. The first-order valence-electron chi connectivity index (χ1n) is 11.7. The molecule has 0 unspecified atom stereocenters. The molecule has 0 amide bonds. The lowest BCUT2D eigenvalue weighted by Gasteiger charge is -2.35. The van der Waals surface area contributed by atoms with Crippen LogP contribution in [0.4, 0.5) is 17.6 Å². The molecule has 1 fully saturated rings. The van der Waals surface area contributed by atoms with Gasteiger partial charge in [0.2, 0.25) is 0 Å². The summed E-state index contributed by atoms with van der Waals surface area (Å²) in [6.45, 7) is 0. The van der Waals surface area contributed by atoms with Gasteiger partial charge in [0.1, 0.15) is 21.7 Å². The Hall–Kier alpha value is -3.53. The average molecular weight is 530 g/mol. The van der Waals surface area contributed by atoms with Crippen molar-refractivity contribution in [2.75, 3.05) is 0 Å². The zero-order valence-electron chi connectivity index (χ0n) is 19.2.